The molecule has 1 aliphatic rings. The molecule has 0 N–H and O–H groups in total. The molecule has 0 radical (unpaired) electrons. The first-order valence-electron chi connectivity index (χ1n) is 12.1. The first-order valence-corrected chi connectivity index (χ1v) is 13.3. The molecule has 3 heterocycles. The maximum atomic E-state index is 13.8. The van der Waals surface area contributed by atoms with Gasteiger partial charge in [0.1, 0.15) is 11.5 Å². The van der Waals surface area contributed by atoms with E-state index in [4.69, 9.17) is 30.2 Å². The highest BCUT2D eigenvalue weighted by molar-refractivity contribution is 7.07. The van der Waals surface area contributed by atoms with Gasteiger partial charge >= 0.3 is 5.97 Å². The lowest BCUT2D eigenvalue weighted by molar-refractivity contribution is -0.139. The molecular formula is C29H25ClN2O6S. The Bertz CT molecular complexity index is 1780. The van der Waals surface area contributed by atoms with E-state index in [9.17, 15) is 9.59 Å². The molecule has 2 aromatic heterocycles. The molecule has 0 spiro atoms. The molecule has 2 aromatic carbocycles. The van der Waals surface area contributed by atoms with Gasteiger partial charge in [0.15, 0.2) is 16.3 Å². The van der Waals surface area contributed by atoms with Gasteiger partial charge in [0.25, 0.3) is 5.56 Å². The third-order valence-electron chi connectivity index (χ3n) is 6.25. The molecule has 1 atom stereocenters. The van der Waals surface area contributed by atoms with E-state index in [0.717, 1.165) is 5.56 Å². The predicted molar refractivity (Wildman–Crippen MR) is 149 cm³/mol. The first-order chi connectivity index (χ1) is 18.8. The van der Waals surface area contributed by atoms with Crippen molar-refractivity contribution in [1.29, 1.82) is 0 Å². The standard InChI is InChI=1S/C29H25ClN2O6S/c1-5-37-28(34)25-16(2)31-29-32(26(25)18-9-11-22(35-3)23(14-18)36-4)27(33)24(39-29)15-20-10-12-21(38-20)17-7-6-8-19(30)13-17/h6-15,26H,5H2,1-4H3/t26-/m0/s1. The maximum absolute atomic E-state index is 13.8. The second-order valence-corrected chi connectivity index (χ2v) is 10.1. The number of carbonyl (C=O) groups excluding carboxylic acids is 1. The monoisotopic (exact) mass is 564 g/mol. The van der Waals surface area contributed by atoms with Crippen molar-refractivity contribution in [1.82, 2.24) is 4.57 Å². The van der Waals surface area contributed by atoms with Crippen LogP contribution in [0.4, 0.5) is 0 Å². The average Bonchev–Trinajstić information content (AvgIpc) is 3.52. The number of aromatic nitrogens is 1. The summed E-state index contributed by atoms with van der Waals surface area (Å²) in [4.78, 5) is 32.0. The Morgan fingerprint density at radius 3 is 2.64 bits per heavy atom. The predicted octanol–water partition coefficient (Wildman–Crippen LogP) is 4.73. The van der Waals surface area contributed by atoms with Gasteiger partial charge in [0.05, 0.1) is 42.7 Å². The van der Waals surface area contributed by atoms with Crippen molar-refractivity contribution < 1.29 is 23.4 Å². The summed E-state index contributed by atoms with van der Waals surface area (Å²) >= 11 is 7.34. The molecule has 5 rings (SSSR count). The summed E-state index contributed by atoms with van der Waals surface area (Å²) in [6, 6.07) is 15.5. The number of benzene rings is 2. The summed E-state index contributed by atoms with van der Waals surface area (Å²) in [5, 5.41) is 0.599. The number of ether oxygens (including phenoxy) is 3. The smallest absolute Gasteiger partial charge is 0.338 e. The summed E-state index contributed by atoms with van der Waals surface area (Å²) < 4.78 is 24.1. The Kier molecular flexibility index (Phi) is 7.45. The summed E-state index contributed by atoms with van der Waals surface area (Å²) in [7, 11) is 3.07. The molecule has 0 amide bonds. The zero-order valence-electron chi connectivity index (χ0n) is 21.7. The molecular weight excluding hydrogens is 540 g/mol. The van der Waals surface area contributed by atoms with Crippen LogP contribution in [0.3, 0.4) is 0 Å². The second-order valence-electron chi connectivity index (χ2n) is 8.63. The van der Waals surface area contributed by atoms with Gasteiger partial charge in [-0.25, -0.2) is 9.79 Å². The fourth-order valence-corrected chi connectivity index (χ4v) is 5.70. The van der Waals surface area contributed by atoms with E-state index < -0.39 is 12.0 Å². The third kappa shape index (κ3) is 5.03. The summed E-state index contributed by atoms with van der Waals surface area (Å²) in [5.74, 6) is 1.59. The van der Waals surface area contributed by atoms with Crippen LogP contribution in [0, 0.1) is 0 Å². The number of halogens is 1. The third-order valence-corrected chi connectivity index (χ3v) is 7.47. The number of hydrogen-bond donors (Lipinski definition) is 0. The number of nitrogens with zero attached hydrogens (tertiary/aromatic N) is 2. The van der Waals surface area contributed by atoms with Gasteiger partial charge in [-0.1, -0.05) is 41.1 Å². The number of allylic oxidation sites excluding steroid dienone is 1. The molecule has 1 aliphatic heterocycles. The number of furan rings is 1. The van der Waals surface area contributed by atoms with Crippen LogP contribution in [0.25, 0.3) is 17.4 Å². The topological polar surface area (TPSA) is 92.3 Å². The van der Waals surface area contributed by atoms with E-state index in [2.05, 4.69) is 4.99 Å². The number of esters is 1. The van der Waals surface area contributed by atoms with Crippen molar-refractivity contribution in [2.75, 3.05) is 20.8 Å². The maximum Gasteiger partial charge on any atom is 0.338 e. The van der Waals surface area contributed by atoms with E-state index in [1.807, 2.05) is 18.2 Å². The van der Waals surface area contributed by atoms with Crippen LogP contribution in [-0.2, 0) is 9.53 Å². The fraction of sp³-hybridized carbons (Fsp3) is 0.207. The van der Waals surface area contributed by atoms with E-state index in [1.54, 1.807) is 63.4 Å². The Balaban J connectivity index is 1.66. The number of hydrogen-bond acceptors (Lipinski definition) is 8. The van der Waals surface area contributed by atoms with Crippen molar-refractivity contribution in [2.45, 2.75) is 19.9 Å². The Morgan fingerprint density at radius 1 is 1.13 bits per heavy atom. The molecule has 0 saturated carbocycles. The molecule has 8 nitrogen and oxygen atoms in total. The van der Waals surface area contributed by atoms with Crippen LogP contribution in [0.5, 0.6) is 11.5 Å². The highest BCUT2D eigenvalue weighted by atomic mass is 35.5. The molecule has 4 aromatic rings. The van der Waals surface area contributed by atoms with Gasteiger partial charge in [-0.05, 0) is 55.8 Å². The Hall–Kier alpha value is -4.08. The molecule has 0 fully saturated rings. The van der Waals surface area contributed by atoms with Crippen LogP contribution < -0.4 is 24.4 Å². The highest BCUT2D eigenvalue weighted by Gasteiger charge is 2.34. The zero-order chi connectivity index (χ0) is 27.7. The van der Waals surface area contributed by atoms with Gasteiger partial charge < -0.3 is 18.6 Å². The van der Waals surface area contributed by atoms with Crippen molar-refractivity contribution in [3.8, 4) is 22.8 Å². The molecule has 200 valence electrons. The Morgan fingerprint density at radius 2 is 1.92 bits per heavy atom. The van der Waals surface area contributed by atoms with Crippen molar-refractivity contribution >= 4 is 35.0 Å². The lowest BCUT2D eigenvalue weighted by atomic mass is 9.95. The second kappa shape index (κ2) is 11.0. The zero-order valence-corrected chi connectivity index (χ0v) is 23.3. The summed E-state index contributed by atoms with van der Waals surface area (Å²) in [6.45, 7) is 3.66. The minimum absolute atomic E-state index is 0.187. The van der Waals surface area contributed by atoms with Crippen LogP contribution in [0.15, 0.2) is 80.1 Å². The van der Waals surface area contributed by atoms with Crippen LogP contribution in [0.2, 0.25) is 5.02 Å². The quantitative estimate of drug-likeness (QED) is 0.301. The number of rotatable bonds is 7. The molecule has 0 aliphatic carbocycles. The number of carbonyl (C=O) groups is 1. The van der Waals surface area contributed by atoms with Crippen molar-refractivity contribution in [2.24, 2.45) is 4.99 Å². The highest BCUT2D eigenvalue weighted by Crippen LogP contribution is 2.36. The molecule has 10 heteroatoms. The first kappa shape index (κ1) is 26.5. The van der Waals surface area contributed by atoms with Crippen molar-refractivity contribution in [3.05, 3.63) is 102 Å². The van der Waals surface area contributed by atoms with Crippen molar-refractivity contribution in [3.63, 3.8) is 0 Å². The SMILES string of the molecule is CCOC(=O)C1=C(C)N=c2sc(=Cc3ccc(-c4cccc(Cl)c4)o3)c(=O)n2[C@H]1c1ccc(OC)c(OC)c1. The van der Waals surface area contributed by atoms with Gasteiger partial charge in [-0.3, -0.25) is 9.36 Å². The molecule has 0 bridgehead atoms. The number of methoxy groups -OCH3 is 2. The van der Waals surface area contributed by atoms with E-state index in [-0.39, 0.29) is 17.7 Å². The van der Waals surface area contributed by atoms with E-state index >= 15 is 0 Å². The average molecular weight is 565 g/mol. The van der Waals surface area contributed by atoms with Gasteiger partial charge in [-0.2, -0.15) is 0 Å². The number of thiazole rings is 1. The minimum atomic E-state index is -0.777. The summed E-state index contributed by atoms with van der Waals surface area (Å²) in [6.07, 6.45) is 1.67. The minimum Gasteiger partial charge on any atom is -0.493 e. The Labute approximate surface area is 233 Å². The normalized spacial score (nSPS) is 15.1. The largest absolute Gasteiger partial charge is 0.493 e. The fourth-order valence-electron chi connectivity index (χ4n) is 4.49. The van der Waals surface area contributed by atoms with Gasteiger partial charge in [-0.15, -0.1) is 0 Å². The molecule has 0 saturated heterocycles. The number of fused-ring (bicyclic) bond motifs is 1. The van der Waals surface area contributed by atoms with Gasteiger partial charge in [0.2, 0.25) is 0 Å². The van der Waals surface area contributed by atoms with Gasteiger partial charge in [0, 0.05) is 16.7 Å². The van der Waals surface area contributed by atoms with Crippen LogP contribution in [0.1, 0.15) is 31.2 Å². The lowest BCUT2D eigenvalue weighted by Crippen LogP contribution is -2.39. The van der Waals surface area contributed by atoms with Crippen LogP contribution >= 0.6 is 22.9 Å². The molecule has 0 unspecified atom stereocenters. The van der Waals surface area contributed by atoms with Crippen LogP contribution in [-0.4, -0.2) is 31.4 Å². The van der Waals surface area contributed by atoms with E-state index in [1.165, 1.54) is 23.0 Å². The summed E-state index contributed by atoms with van der Waals surface area (Å²) in [5.41, 5.74) is 1.92. The van der Waals surface area contributed by atoms with E-state index in [0.29, 0.717) is 48.6 Å². The molecule has 39 heavy (non-hydrogen) atoms. The lowest BCUT2D eigenvalue weighted by Gasteiger charge is -2.25.